The quantitative estimate of drug-likeness (QED) is 0.924. The minimum Gasteiger partial charge on any atom is -0.339 e. The van der Waals surface area contributed by atoms with Crippen LogP contribution in [0.1, 0.15) is 19.4 Å². The Hall–Kier alpha value is -2.37. The number of aromatic nitrogens is 2. The van der Waals surface area contributed by atoms with Crippen LogP contribution in [-0.4, -0.2) is 9.13 Å². The predicted octanol–water partition coefficient (Wildman–Crippen LogP) is 2.30. The van der Waals surface area contributed by atoms with Gasteiger partial charge in [0.2, 0.25) is 0 Å². The molecule has 1 aromatic heterocycles. The third kappa shape index (κ3) is 3.59. The van der Waals surface area contributed by atoms with Gasteiger partial charge in [-0.1, -0.05) is 19.9 Å². The average Bonchev–Trinajstić information content (AvgIpc) is 2.47. The lowest BCUT2D eigenvalue weighted by molar-refractivity contribution is 0.629. The molecule has 2 aromatic rings. The second-order valence-corrected chi connectivity index (χ2v) is 4.38. The summed E-state index contributed by atoms with van der Waals surface area (Å²) in [6.45, 7) is 5.78. The second kappa shape index (κ2) is 6.88. The van der Waals surface area contributed by atoms with Crippen LogP contribution in [-0.2, 0) is 14.1 Å². The van der Waals surface area contributed by atoms with E-state index < -0.39 is 17.1 Å². The molecule has 114 valence electrons. The normalized spacial score (nSPS) is 9.81. The molecule has 0 radical (unpaired) electrons. The van der Waals surface area contributed by atoms with Crippen LogP contribution in [0.15, 0.2) is 33.9 Å². The van der Waals surface area contributed by atoms with Gasteiger partial charge in [-0.15, -0.1) is 0 Å². The molecule has 0 aliphatic carbocycles. The fraction of sp³-hybridized carbons (Fsp3) is 0.333. The minimum absolute atomic E-state index is 0.217. The zero-order valence-electron chi connectivity index (χ0n) is 12.9. The van der Waals surface area contributed by atoms with E-state index in [2.05, 4.69) is 5.32 Å². The van der Waals surface area contributed by atoms with Crippen LogP contribution < -0.4 is 16.6 Å². The third-order valence-corrected chi connectivity index (χ3v) is 2.91. The van der Waals surface area contributed by atoms with Crippen molar-refractivity contribution < 1.29 is 4.39 Å². The molecule has 0 aliphatic heterocycles. The number of nitrogens with zero attached hydrogens (tertiary/aromatic N) is 2. The van der Waals surface area contributed by atoms with E-state index in [-0.39, 0.29) is 11.5 Å². The molecule has 0 unspecified atom stereocenters. The highest BCUT2D eigenvalue weighted by atomic mass is 19.1. The van der Waals surface area contributed by atoms with E-state index in [1.807, 2.05) is 13.8 Å². The molecule has 6 heteroatoms. The van der Waals surface area contributed by atoms with Crippen LogP contribution in [0.4, 0.5) is 15.9 Å². The molecule has 1 N–H and O–H groups in total. The zero-order valence-corrected chi connectivity index (χ0v) is 12.9. The number of aryl methyl sites for hydroxylation is 1. The van der Waals surface area contributed by atoms with E-state index in [0.29, 0.717) is 0 Å². The maximum atomic E-state index is 13.7. The van der Waals surface area contributed by atoms with E-state index in [4.69, 9.17) is 0 Å². The molecule has 1 aromatic carbocycles. The van der Waals surface area contributed by atoms with Gasteiger partial charge in [0.1, 0.15) is 11.6 Å². The van der Waals surface area contributed by atoms with Crippen LogP contribution in [0.3, 0.4) is 0 Å². The molecule has 0 atom stereocenters. The number of hydrogen-bond donors (Lipinski definition) is 1. The Labute approximate surface area is 122 Å². The maximum absolute atomic E-state index is 13.7. The van der Waals surface area contributed by atoms with Crippen molar-refractivity contribution in [2.75, 3.05) is 5.32 Å². The Morgan fingerprint density at radius 3 is 2.24 bits per heavy atom. The lowest BCUT2D eigenvalue weighted by atomic mass is 10.2. The summed E-state index contributed by atoms with van der Waals surface area (Å²) >= 11 is 0. The lowest BCUT2D eigenvalue weighted by Gasteiger charge is -2.12. The average molecular weight is 293 g/mol. The molecule has 21 heavy (non-hydrogen) atoms. The highest BCUT2D eigenvalue weighted by Crippen LogP contribution is 2.18. The molecule has 5 nitrogen and oxygen atoms in total. The Morgan fingerprint density at radius 2 is 1.67 bits per heavy atom. The van der Waals surface area contributed by atoms with Crippen LogP contribution in [0, 0.1) is 12.7 Å². The highest BCUT2D eigenvalue weighted by molar-refractivity contribution is 5.57. The number of rotatable bonds is 2. The molecular weight excluding hydrogens is 273 g/mol. The Bertz CT molecular complexity index is 748. The largest absolute Gasteiger partial charge is 0.339 e. The molecule has 0 amide bonds. The number of hydrogen-bond acceptors (Lipinski definition) is 3. The summed E-state index contributed by atoms with van der Waals surface area (Å²) in [7, 11) is 2.90. The molecule has 2 rings (SSSR count). The van der Waals surface area contributed by atoms with Crippen molar-refractivity contribution in [1.82, 2.24) is 9.13 Å². The predicted molar refractivity (Wildman–Crippen MR) is 82.7 cm³/mol. The van der Waals surface area contributed by atoms with Crippen LogP contribution in [0.25, 0.3) is 0 Å². The van der Waals surface area contributed by atoms with Gasteiger partial charge in [-0.25, -0.2) is 9.18 Å². The topological polar surface area (TPSA) is 56.0 Å². The molecule has 1 heterocycles. The highest BCUT2D eigenvalue weighted by Gasteiger charge is 2.08. The SMILES string of the molecule is CC.Cc1ccc(Nc2cc(=O)n(C)c(=O)n2C)c(F)c1. The van der Waals surface area contributed by atoms with E-state index in [0.717, 1.165) is 10.1 Å². The first kappa shape index (κ1) is 16.7. The van der Waals surface area contributed by atoms with Gasteiger partial charge in [0.05, 0.1) is 5.69 Å². The number of halogens is 1. The summed E-state index contributed by atoms with van der Waals surface area (Å²) in [4.78, 5) is 23.3. The molecule has 0 bridgehead atoms. The van der Waals surface area contributed by atoms with Crippen molar-refractivity contribution >= 4 is 11.5 Å². The second-order valence-electron chi connectivity index (χ2n) is 4.38. The summed E-state index contributed by atoms with van der Waals surface area (Å²) in [6, 6.07) is 5.93. The first-order valence-corrected chi connectivity index (χ1v) is 6.70. The summed E-state index contributed by atoms with van der Waals surface area (Å²) in [5.41, 5.74) is 0.0930. The van der Waals surface area contributed by atoms with Crippen molar-refractivity contribution in [2.24, 2.45) is 14.1 Å². The molecule has 0 saturated carbocycles. The molecular formula is C15H20FN3O2. The summed E-state index contributed by atoms with van der Waals surface area (Å²) in [5.74, 6) is -0.191. The zero-order chi connectivity index (χ0) is 16.2. The molecule has 0 spiro atoms. The van der Waals surface area contributed by atoms with Gasteiger partial charge in [-0.05, 0) is 24.6 Å². The third-order valence-electron chi connectivity index (χ3n) is 2.91. The van der Waals surface area contributed by atoms with Crippen molar-refractivity contribution in [3.63, 3.8) is 0 Å². The van der Waals surface area contributed by atoms with Gasteiger partial charge < -0.3 is 5.32 Å². The molecule has 0 saturated heterocycles. The number of anilines is 2. The Balaban J connectivity index is 0.00000106. The van der Waals surface area contributed by atoms with E-state index in [9.17, 15) is 14.0 Å². The lowest BCUT2D eigenvalue weighted by Crippen LogP contribution is -2.37. The van der Waals surface area contributed by atoms with E-state index in [1.165, 1.54) is 30.8 Å². The smallest absolute Gasteiger partial charge is 0.332 e. The van der Waals surface area contributed by atoms with Crippen LogP contribution >= 0.6 is 0 Å². The van der Waals surface area contributed by atoms with Gasteiger partial charge in [0.25, 0.3) is 5.56 Å². The van der Waals surface area contributed by atoms with Crippen LogP contribution in [0.2, 0.25) is 0 Å². The Kier molecular flexibility index (Phi) is 5.46. The monoisotopic (exact) mass is 293 g/mol. The fourth-order valence-electron chi connectivity index (χ4n) is 1.71. The van der Waals surface area contributed by atoms with Gasteiger partial charge in [-0.3, -0.25) is 13.9 Å². The summed E-state index contributed by atoms with van der Waals surface area (Å²) in [5, 5.41) is 2.75. The first-order chi connectivity index (χ1) is 9.90. The molecule has 0 fully saturated rings. The fourth-order valence-corrected chi connectivity index (χ4v) is 1.71. The minimum atomic E-state index is -0.470. The Morgan fingerprint density at radius 1 is 1.05 bits per heavy atom. The van der Waals surface area contributed by atoms with Crippen molar-refractivity contribution in [3.8, 4) is 0 Å². The van der Waals surface area contributed by atoms with Gasteiger partial charge in [-0.2, -0.15) is 0 Å². The standard InChI is InChI=1S/C13H14FN3O2.C2H6/c1-8-4-5-10(9(14)6-8)15-11-7-12(18)17(3)13(19)16(11)2;1-2/h4-7,15H,1-3H3;1-2H3. The number of benzene rings is 1. The first-order valence-electron chi connectivity index (χ1n) is 6.70. The van der Waals surface area contributed by atoms with Crippen molar-refractivity contribution in [2.45, 2.75) is 20.8 Å². The van der Waals surface area contributed by atoms with Crippen molar-refractivity contribution in [3.05, 3.63) is 56.5 Å². The number of nitrogens with one attached hydrogen (secondary N) is 1. The molecule has 0 aliphatic rings. The summed E-state index contributed by atoms with van der Waals surface area (Å²) in [6.07, 6.45) is 0. The van der Waals surface area contributed by atoms with E-state index >= 15 is 0 Å². The maximum Gasteiger partial charge on any atom is 0.332 e. The van der Waals surface area contributed by atoms with Gasteiger partial charge >= 0.3 is 5.69 Å². The van der Waals surface area contributed by atoms with E-state index in [1.54, 1.807) is 19.1 Å². The van der Waals surface area contributed by atoms with Gasteiger partial charge in [0.15, 0.2) is 0 Å². The van der Waals surface area contributed by atoms with Gasteiger partial charge in [0, 0.05) is 20.2 Å². The summed E-state index contributed by atoms with van der Waals surface area (Å²) < 4.78 is 15.9. The van der Waals surface area contributed by atoms with Crippen LogP contribution in [0.5, 0.6) is 0 Å². The van der Waals surface area contributed by atoms with Crippen molar-refractivity contribution in [1.29, 1.82) is 0 Å².